The zero-order valence-corrected chi connectivity index (χ0v) is 28.5. The van der Waals surface area contributed by atoms with E-state index in [4.69, 9.17) is 9.72 Å². The maximum absolute atomic E-state index is 13.7. The van der Waals surface area contributed by atoms with Gasteiger partial charge in [-0.25, -0.2) is 4.98 Å². The first-order valence-electron chi connectivity index (χ1n) is 17.0. The van der Waals surface area contributed by atoms with Crippen LogP contribution >= 0.6 is 11.8 Å². The number of thioether (sulfide) groups is 1. The van der Waals surface area contributed by atoms with E-state index in [1.54, 1.807) is 6.08 Å². The van der Waals surface area contributed by atoms with Crippen molar-refractivity contribution >= 4 is 28.7 Å². The Morgan fingerprint density at radius 1 is 1.09 bits per heavy atom. The quantitative estimate of drug-likeness (QED) is 0.0875. The fraction of sp³-hybridized carbons (Fsp3) is 0.526. The van der Waals surface area contributed by atoms with Gasteiger partial charge in [0.25, 0.3) is 5.91 Å². The molecule has 2 saturated heterocycles. The zero-order chi connectivity index (χ0) is 31.6. The van der Waals surface area contributed by atoms with Crippen LogP contribution in [0.1, 0.15) is 84.1 Å². The van der Waals surface area contributed by atoms with E-state index in [1.165, 1.54) is 54.9 Å². The lowest BCUT2D eigenvalue weighted by atomic mass is 9.70. The largest absolute Gasteiger partial charge is 0.493 e. The summed E-state index contributed by atoms with van der Waals surface area (Å²) in [5, 5.41) is 0. The Morgan fingerprint density at radius 2 is 1.82 bits per heavy atom. The number of piperidine rings is 1. The SMILES string of the molecule is C=C/C(OCC)=C(\SC)C(=O)N1CCC(CCN2[C@H]3C[C@H](n4c(C)nc5ccccc54)CCC32CCC)(c2ccccc2)CC1.[HH]. The van der Waals surface area contributed by atoms with E-state index in [1.807, 2.05) is 18.1 Å². The summed E-state index contributed by atoms with van der Waals surface area (Å²) in [5.41, 5.74) is 4.23. The van der Waals surface area contributed by atoms with Crippen molar-refractivity contribution in [2.75, 3.05) is 32.5 Å². The predicted molar refractivity (Wildman–Crippen MR) is 189 cm³/mol. The number of imidazole rings is 1. The third kappa shape index (κ3) is 5.87. The lowest BCUT2D eigenvalue weighted by molar-refractivity contribution is -0.128. The van der Waals surface area contributed by atoms with Gasteiger partial charge in [0, 0.05) is 32.1 Å². The Hall–Kier alpha value is -3.03. The number of rotatable bonds is 12. The molecule has 1 amide bonds. The molecule has 6 nitrogen and oxygen atoms in total. The van der Waals surface area contributed by atoms with E-state index in [2.05, 4.69) is 84.5 Å². The highest BCUT2D eigenvalue weighted by molar-refractivity contribution is 8.03. The summed E-state index contributed by atoms with van der Waals surface area (Å²) in [5.74, 6) is 1.80. The summed E-state index contributed by atoms with van der Waals surface area (Å²) in [7, 11) is 0. The molecule has 1 aliphatic carbocycles. The molecule has 242 valence electrons. The van der Waals surface area contributed by atoms with Crippen molar-refractivity contribution in [2.24, 2.45) is 0 Å². The summed E-state index contributed by atoms with van der Waals surface area (Å²) in [6, 6.07) is 20.9. The number of ether oxygens (including phenoxy) is 1. The fourth-order valence-corrected chi connectivity index (χ4v) is 9.47. The van der Waals surface area contributed by atoms with Crippen LogP contribution in [0.4, 0.5) is 0 Å². The van der Waals surface area contributed by atoms with Crippen LogP contribution in [0.2, 0.25) is 0 Å². The number of hydrogen-bond donors (Lipinski definition) is 0. The Morgan fingerprint density at radius 3 is 2.51 bits per heavy atom. The normalized spacial score (nSPS) is 26.2. The molecule has 0 radical (unpaired) electrons. The highest BCUT2D eigenvalue weighted by Gasteiger charge is 2.63. The number of carbonyl (C=O) groups excluding carboxylic acids is 1. The first kappa shape index (κ1) is 31.9. The molecule has 0 bridgehead atoms. The number of amides is 1. The number of aromatic nitrogens is 2. The number of benzene rings is 2. The van der Waals surface area contributed by atoms with Crippen LogP contribution in [0.15, 0.2) is 77.9 Å². The molecule has 3 aliphatic rings. The molecular weight excluding hydrogens is 577 g/mol. The van der Waals surface area contributed by atoms with Gasteiger partial charge in [0.1, 0.15) is 16.5 Å². The van der Waals surface area contributed by atoms with Gasteiger partial charge in [-0.05, 0) is 101 Å². The van der Waals surface area contributed by atoms with Crippen molar-refractivity contribution in [2.45, 2.75) is 95.2 Å². The number of nitrogens with zero attached hydrogens (tertiary/aromatic N) is 4. The second-order valence-electron chi connectivity index (χ2n) is 13.2. The van der Waals surface area contributed by atoms with E-state index < -0.39 is 0 Å². The molecule has 0 N–H and O–H groups in total. The van der Waals surface area contributed by atoms with Gasteiger partial charge in [-0.2, -0.15) is 0 Å². The van der Waals surface area contributed by atoms with Gasteiger partial charge in [-0.1, -0.05) is 62.4 Å². The van der Waals surface area contributed by atoms with Crippen molar-refractivity contribution in [3.63, 3.8) is 0 Å². The van der Waals surface area contributed by atoms with Crippen LogP contribution in [-0.2, 0) is 14.9 Å². The number of para-hydroxylation sites is 2. The van der Waals surface area contributed by atoms with Gasteiger partial charge in [-0.15, -0.1) is 11.8 Å². The summed E-state index contributed by atoms with van der Waals surface area (Å²) < 4.78 is 8.28. The van der Waals surface area contributed by atoms with Crippen LogP contribution in [0.25, 0.3) is 11.0 Å². The maximum Gasteiger partial charge on any atom is 0.264 e. The molecule has 3 fully saturated rings. The van der Waals surface area contributed by atoms with Crippen LogP contribution < -0.4 is 0 Å². The van der Waals surface area contributed by atoms with Gasteiger partial charge >= 0.3 is 0 Å². The van der Waals surface area contributed by atoms with E-state index in [0.29, 0.717) is 34.9 Å². The van der Waals surface area contributed by atoms with Gasteiger partial charge in [0.15, 0.2) is 0 Å². The molecular formula is C38H52N4O2S. The predicted octanol–water partition coefficient (Wildman–Crippen LogP) is 8.29. The second-order valence-corrected chi connectivity index (χ2v) is 14.0. The molecule has 2 aromatic carbocycles. The maximum atomic E-state index is 13.7. The minimum absolute atomic E-state index is 0. The molecule has 2 unspecified atom stereocenters. The topological polar surface area (TPSA) is 50.4 Å². The third-order valence-electron chi connectivity index (χ3n) is 11.1. The molecule has 6 rings (SSSR count). The standard InChI is InChI=1S/C38H50N4O2S.H2/c1-6-19-38-20-18-30(42-28(4)39-31-16-12-13-17-32(31)42)27-34(38)41(38)26-23-37(29-14-10-9-11-15-29)21-24-40(25-22-37)36(43)35(45-5)33(7-2)44-8-3;/h7,9-17,30,34H,2,6,8,18-27H2,1,3-5H3;1H/b35-33+;/t30-,34+,38?,41?;/m1./s1. The molecule has 3 aromatic rings. The molecule has 0 spiro atoms. The monoisotopic (exact) mass is 628 g/mol. The third-order valence-corrected chi connectivity index (χ3v) is 11.8. The van der Waals surface area contributed by atoms with Crippen molar-refractivity contribution < 1.29 is 11.0 Å². The Bertz CT molecular complexity index is 1550. The van der Waals surface area contributed by atoms with Crippen LogP contribution in [0.5, 0.6) is 0 Å². The minimum Gasteiger partial charge on any atom is -0.493 e. The number of aryl methyl sites for hydroxylation is 1. The van der Waals surface area contributed by atoms with E-state index in [0.717, 1.165) is 50.2 Å². The molecule has 4 atom stereocenters. The van der Waals surface area contributed by atoms with Gasteiger partial charge in [0.2, 0.25) is 0 Å². The Labute approximate surface area is 275 Å². The minimum atomic E-state index is 0. The van der Waals surface area contributed by atoms with E-state index in [-0.39, 0.29) is 12.7 Å². The summed E-state index contributed by atoms with van der Waals surface area (Å²) in [6.45, 7) is 13.5. The average molecular weight is 629 g/mol. The Balaban J connectivity index is 0.00000417. The smallest absolute Gasteiger partial charge is 0.264 e. The van der Waals surface area contributed by atoms with Crippen molar-refractivity contribution in [1.82, 2.24) is 19.4 Å². The number of carbonyl (C=O) groups is 1. The van der Waals surface area contributed by atoms with Crippen LogP contribution in [0, 0.1) is 6.92 Å². The van der Waals surface area contributed by atoms with Crippen LogP contribution in [-0.4, -0.2) is 69.3 Å². The number of hydrogen-bond acceptors (Lipinski definition) is 5. The molecule has 7 heteroatoms. The molecule has 45 heavy (non-hydrogen) atoms. The summed E-state index contributed by atoms with van der Waals surface area (Å²) >= 11 is 1.46. The molecule has 2 aliphatic heterocycles. The van der Waals surface area contributed by atoms with Crippen LogP contribution in [0.3, 0.4) is 0 Å². The first-order chi connectivity index (χ1) is 21.9. The highest BCUT2D eigenvalue weighted by atomic mass is 32.2. The number of likely N-dealkylation sites (tertiary alicyclic amines) is 2. The lowest BCUT2D eigenvalue weighted by Gasteiger charge is -2.43. The second kappa shape index (κ2) is 13.4. The molecule has 3 heterocycles. The van der Waals surface area contributed by atoms with Gasteiger partial charge in [-0.3, -0.25) is 9.69 Å². The fourth-order valence-electron chi connectivity index (χ4n) is 8.82. The van der Waals surface area contributed by atoms with Gasteiger partial charge in [0.05, 0.1) is 17.6 Å². The zero-order valence-electron chi connectivity index (χ0n) is 27.6. The summed E-state index contributed by atoms with van der Waals surface area (Å²) in [6.07, 6.45) is 12.9. The van der Waals surface area contributed by atoms with E-state index in [9.17, 15) is 4.79 Å². The lowest BCUT2D eigenvalue weighted by Crippen LogP contribution is -2.46. The molecule has 1 saturated carbocycles. The number of fused-ring (bicyclic) bond motifs is 2. The Kier molecular flexibility index (Phi) is 9.49. The number of allylic oxidation sites excluding steroid dienone is 1. The summed E-state index contributed by atoms with van der Waals surface area (Å²) in [4.78, 5) is 24.1. The van der Waals surface area contributed by atoms with Crippen molar-refractivity contribution in [1.29, 1.82) is 0 Å². The first-order valence-corrected chi connectivity index (χ1v) is 18.2. The van der Waals surface area contributed by atoms with E-state index >= 15 is 0 Å². The highest BCUT2D eigenvalue weighted by Crippen LogP contribution is 2.57. The van der Waals surface area contributed by atoms with Gasteiger partial charge < -0.3 is 14.2 Å². The van der Waals surface area contributed by atoms with Crippen molar-refractivity contribution in [3.8, 4) is 0 Å². The van der Waals surface area contributed by atoms with Crippen molar-refractivity contribution in [3.05, 3.63) is 89.3 Å². The average Bonchev–Trinajstić information content (AvgIpc) is 3.56. The molecule has 1 aromatic heterocycles.